The van der Waals surface area contributed by atoms with Crippen LogP contribution >= 0.6 is 0 Å². The van der Waals surface area contributed by atoms with Gasteiger partial charge in [0.2, 0.25) is 0 Å². The monoisotopic (exact) mass is 251 g/mol. The minimum Gasteiger partial charge on any atom is -0.497 e. The Balaban J connectivity index is 1.65. The summed E-state index contributed by atoms with van der Waals surface area (Å²) in [4.78, 5) is 0. The Hall–Kier alpha value is -1.26. The van der Waals surface area contributed by atoms with Gasteiger partial charge in [-0.05, 0) is 37.1 Å². The maximum Gasteiger partial charge on any atom is 0.119 e. The smallest absolute Gasteiger partial charge is 0.119 e. The van der Waals surface area contributed by atoms with Crippen molar-refractivity contribution in [2.75, 3.05) is 20.3 Å². The summed E-state index contributed by atoms with van der Waals surface area (Å²) < 4.78 is 10.6. The molecule has 1 aromatic rings. The van der Waals surface area contributed by atoms with Gasteiger partial charge in [0.15, 0.2) is 0 Å². The van der Waals surface area contributed by atoms with E-state index >= 15 is 0 Å². The maximum absolute atomic E-state index is 9.77. The fourth-order valence-corrected chi connectivity index (χ4v) is 1.84. The van der Waals surface area contributed by atoms with Crippen LogP contribution in [0, 0.1) is 0 Å². The van der Waals surface area contributed by atoms with Gasteiger partial charge >= 0.3 is 0 Å². The zero-order valence-corrected chi connectivity index (χ0v) is 10.8. The second-order valence-electron chi connectivity index (χ2n) is 4.68. The van der Waals surface area contributed by atoms with Crippen LogP contribution in [0.4, 0.5) is 0 Å². The lowest BCUT2D eigenvalue weighted by molar-refractivity contribution is 0.0997. The number of benzene rings is 1. The molecule has 1 fully saturated rings. The van der Waals surface area contributed by atoms with Gasteiger partial charge in [0.1, 0.15) is 24.2 Å². The van der Waals surface area contributed by atoms with Crippen LogP contribution in [0.25, 0.3) is 0 Å². The van der Waals surface area contributed by atoms with Gasteiger partial charge < -0.3 is 19.9 Å². The summed E-state index contributed by atoms with van der Waals surface area (Å²) >= 11 is 0. The third-order valence-electron chi connectivity index (χ3n) is 3.25. The van der Waals surface area contributed by atoms with Crippen LogP contribution in [0.5, 0.6) is 11.5 Å². The molecule has 0 amide bonds. The van der Waals surface area contributed by atoms with Crippen LogP contribution in [0.2, 0.25) is 0 Å². The molecule has 1 unspecified atom stereocenters. The van der Waals surface area contributed by atoms with E-state index in [1.165, 1.54) is 19.3 Å². The number of ether oxygens (including phenoxy) is 2. The van der Waals surface area contributed by atoms with Crippen LogP contribution < -0.4 is 14.8 Å². The molecule has 0 spiro atoms. The maximum atomic E-state index is 9.77. The third kappa shape index (κ3) is 3.89. The van der Waals surface area contributed by atoms with E-state index in [0.717, 1.165) is 11.5 Å². The summed E-state index contributed by atoms with van der Waals surface area (Å²) in [6.07, 6.45) is 3.29. The van der Waals surface area contributed by atoms with E-state index in [4.69, 9.17) is 9.47 Å². The molecule has 1 atom stereocenters. The molecule has 1 aliphatic rings. The molecule has 1 aliphatic carbocycles. The predicted molar refractivity (Wildman–Crippen MR) is 70.1 cm³/mol. The van der Waals surface area contributed by atoms with Crippen molar-refractivity contribution >= 4 is 0 Å². The topological polar surface area (TPSA) is 50.7 Å². The summed E-state index contributed by atoms with van der Waals surface area (Å²) in [5.41, 5.74) is 0. The number of rotatable bonds is 7. The molecule has 100 valence electrons. The lowest BCUT2D eigenvalue weighted by Gasteiger charge is -2.27. The van der Waals surface area contributed by atoms with Crippen molar-refractivity contribution in [2.24, 2.45) is 0 Å². The van der Waals surface area contributed by atoms with Crippen molar-refractivity contribution in [2.45, 2.75) is 31.4 Å². The summed E-state index contributed by atoms with van der Waals surface area (Å²) in [5.74, 6) is 1.55. The molecule has 1 aromatic carbocycles. The van der Waals surface area contributed by atoms with Gasteiger partial charge in [-0.25, -0.2) is 0 Å². The van der Waals surface area contributed by atoms with Crippen LogP contribution in [0.3, 0.4) is 0 Å². The van der Waals surface area contributed by atoms with E-state index in [1.807, 2.05) is 24.3 Å². The molecule has 4 heteroatoms. The largest absolute Gasteiger partial charge is 0.497 e. The lowest BCUT2D eigenvalue weighted by Crippen LogP contribution is -2.41. The van der Waals surface area contributed by atoms with Crippen LogP contribution in [-0.4, -0.2) is 37.5 Å². The summed E-state index contributed by atoms with van der Waals surface area (Å²) in [7, 11) is 1.63. The van der Waals surface area contributed by atoms with Gasteiger partial charge in [-0.3, -0.25) is 0 Å². The van der Waals surface area contributed by atoms with Crippen molar-refractivity contribution in [1.29, 1.82) is 0 Å². The first-order valence-corrected chi connectivity index (χ1v) is 6.46. The number of hydrogen-bond acceptors (Lipinski definition) is 4. The van der Waals surface area contributed by atoms with E-state index in [2.05, 4.69) is 5.32 Å². The Morgan fingerprint density at radius 2 is 1.94 bits per heavy atom. The van der Waals surface area contributed by atoms with Crippen molar-refractivity contribution in [1.82, 2.24) is 5.32 Å². The highest BCUT2D eigenvalue weighted by atomic mass is 16.5. The molecular formula is C14H21NO3. The molecule has 0 bridgehead atoms. The molecule has 0 radical (unpaired) electrons. The van der Waals surface area contributed by atoms with E-state index in [0.29, 0.717) is 19.2 Å². The number of hydrogen-bond donors (Lipinski definition) is 2. The molecule has 0 saturated heterocycles. The Morgan fingerprint density at radius 3 is 2.50 bits per heavy atom. The summed E-state index contributed by atoms with van der Waals surface area (Å²) in [6.45, 7) is 0.910. The van der Waals surface area contributed by atoms with Crippen molar-refractivity contribution in [3.63, 3.8) is 0 Å². The SMILES string of the molecule is COc1ccc(OCC(O)CNC2CCC2)cc1. The molecule has 2 N–H and O–H groups in total. The lowest BCUT2D eigenvalue weighted by atomic mass is 9.93. The predicted octanol–water partition coefficient (Wildman–Crippen LogP) is 1.58. The Morgan fingerprint density at radius 1 is 1.28 bits per heavy atom. The first-order chi connectivity index (χ1) is 8.78. The first kappa shape index (κ1) is 13.2. The fraction of sp³-hybridized carbons (Fsp3) is 0.571. The van der Waals surface area contributed by atoms with Crippen LogP contribution in [0.1, 0.15) is 19.3 Å². The highest BCUT2D eigenvalue weighted by Gasteiger charge is 2.17. The van der Waals surface area contributed by atoms with Gasteiger partial charge in [-0.1, -0.05) is 6.42 Å². The molecule has 4 nitrogen and oxygen atoms in total. The fourth-order valence-electron chi connectivity index (χ4n) is 1.84. The highest BCUT2D eigenvalue weighted by Crippen LogP contribution is 2.18. The average molecular weight is 251 g/mol. The third-order valence-corrected chi connectivity index (χ3v) is 3.25. The van der Waals surface area contributed by atoms with E-state index < -0.39 is 6.10 Å². The van der Waals surface area contributed by atoms with Gasteiger partial charge in [-0.15, -0.1) is 0 Å². The number of methoxy groups -OCH3 is 1. The van der Waals surface area contributed by atoms with Crippen LogP contribution in [-0.2, 0) is 0 Å². The quantitative estimate of drug-likeness (QED) is 0.772. The second-order valence-corrected chi connectivity index (χ2v) is 4.68. The first-order valence-electron chi connectivity index (χ1n) is 6.46. The zero-order chi connectivity index (χ0) is 12.8. The van der Waals surface area contributed by atoms with E-state index in [1.54, 1.807) is 7.11 Å². The molecule has 18 heavy (non-hydrogen) atoms. The minimum atomic E-state index is -0.465. The van der Waals surface area contributed by atoms with Crippen molar-refractivity contribution < 1.29 is 14.6 Å². The van der Waals surface area contributed by atoms with E-state index in [9.17, 15) is 5.11 Å². The normalized spacial score (nSPS) is 17.0. The minimum absolute atomic E-state index is 0.312. The average Bonchev–Trinajstić information content (AvgIpc) is 2.35. The van der Waals surface area contributed by atoms with Gasteiger partial charge in [-0.2, -0.15) is 0 Å². The second kappa shape index (κ2) is 6.61. The number of aliphatic hydroxyl groups excluding tert-OH is 1. The number of nitrogens with one attached hydrogen (secondary N) is 1. The summed E-state index contributed by atoms with van der Waals surface area (Å²) in [6, 6.07) is 7.96. The van der Waals surface area contributed by atoms with Gasteiger partial charge in [0, 0.05) is 12.6 Å². The molecular weight excluding hydrogens is 230 g/mol. The Kier molecular flexibility index (Phi) is 4.84. The molecule has 0 aromatic heterocycles. The molecule has 2 rings (SSSR count). The molecule has 1 saturated carbocycles. The molecule has 0 heterocycles. The van der Waals surface area contributed by atoms with Crippen molar-refractivity contribution in [3.8, 4) is 11.5 Å². The van der Waals surface area contributed by atoms with Crippen LogP contribution in [0.15, 0.2) is 24.3 Å². The van der Waals surface area contributed by atoms with Gasteiger partial charge in [0.25, 0.3) is 0 Å². The van der Waals surface area contributed by atoms with Crippen molar-refractivity contribution in [3.05, 3.63) is 24.3 Å². The standard InChI is InChI=1S/C14H21NO3/c1-17-13-5-7-14(8-6-13)18-10-12(16)9-15-11-3-2-4-11/h5-8,11-12,15-16H,2-4,9-10H2,1H3. The van der Waals surface area contributed by atoms with Gasteiger partial charge in [0.05, 0.1) is 7.11 Å². The Labute approximate surface area is 108 Å². The molecule has 0 aliphatic heterocycles. The Bertz CT molecular complexity index is 349. The van der Waals surface area contributed by atoms with E-state index in [-0.39, 0.29) is 0 Å². The zero-order valence-electron chi connectivity index (χ0n) is 10.8. The number of aliphatic hydroxyl groups is 1. The highest BCUT2D eigenvalue weighted by molar-refractivity contribution is 5.31. The summed E-state index contributed by atoms with van der Waals surface area (Å²) in [5, 5.41) is 13.1.